The Morgan fingerprint density at radius 3 is 2.70 bits per heavy atom. The van der Waals surface area contributed by atoms with Crippen LogP contribution in [0, 0.1) is 0 Å². The fourth-order valence-corrected chi connectivity index (χ4v) is 3.28. The fourth-order valence-electron chi connectivity index (χ4n) is 3.28. The second kappa shape index (κ2) is 8.03. The third-order valence-corrected chi connectivity index (χ3v) is 4.54. The van der Waals surface area contributed by atoms with Gasteiger partial charge in [-0.3, -0.25) is 9.59 Å². The third kappa shape index (κ3) is 4.34. The number of benzene rings is 2. The van der Waals surface area contributed by atoms with Crippen LogP contribution in [-0.2, 0) is 20.7 Å². The Bertz CT molecular complexity index is 878. The van der Waals surface area contributed by atoms with Crippen LogP contribution in [0.25, 0.3) is 0 Å². The maximum absolute atomic E-state index is 12.7. The molecule has 1 unspecified atom stereocenters. The molecule has 0 radical (unpaired) electrons. The molecule has 1 aliphatic heterocycles. The van der Waals surface area contributed by atoms with Crippen LogP contribution in [0.5, 0.6) is 0 Å². The number of carbonyl (C=O) groups excluding carboxylic acids is 3. The van der Waals surface area contributed by atoms with Crippen LogP contribution < -0.4 is 10.2 Å². The highest BCUT2D eigenvalue weighted by atomic mass is 16.5. The lowest BCUT2D eigenvalue weighted by Gasteiger charge is -2.35. The van der Waals surface area contributed by atoms with Crippen LogP contribution >= 0.6 is 0 Å². The summed E-state index contributed by atoms with van der Waals surface area (Å²) in [4.78, 5) is 37.8. The standard InChI is InChI=1S/C21H22N2O4/c1-14-10-11-16-6-3-4-9-19(16)23(14)20(25)13-27-21(26)17-7-5-8-18(12-17)22-15(2)24/h3-9,12,14H,10-11,13H2,1-2H3,(H,22,24). The molecule has 2 amide bonds. The maximum atomic E-state index is 12.7. The summed E-state index contributed by atoms with van der Waals surface area (Å²) in [7, 11) is 0. The molecule has 0 saturated carbocycles. The first-order chi connectivity index (χ1) is 13.0. The molecule has 0 aliphatic carbocycles. The largest absolute Gasteiger partial charge is 0.452 e. The molecule has 0 aromatic heterocycles. The highest BCUT2D eigenvalue weighted by Crippen LogP contribution is 2.30. The van der Waals surface area contributed by atoms with Crippen molar-refractivity contribution in [1.82, 2.24) is 0 Å². The van der Waals surface area contributed by atoms with E-state index in [0.717, 1.165) is 24.1 Å². The van der Waals surface area contributed by atoms with Gasteiger partial charge in [0.2, 0.25) is 5.91 Å². The molecule has 1 heterocycles. The molecule has 0 saturated heterocycles. The number of esters is 1. The molecule has 27 heavy (non-hydrogen) atoms. The molecule has 140 valence electrons. The normalized spacial score (nSPS) is 15.6. The van der Waals surface area contributed by atoms with Crippen molar-refractivity contribution in [1.29, 1.82) is 0 Å². The smallest absolute Gasteiger partial charge is 0.338 e. The molecule has 0 fully saturated rings. The summed E-state index contributed by atoms with van der Waals surface area (Å²) < 4.78 is 5.22. The van der Waals surface area contributed by atoms with E-state index < -0.39 is 5.97 Å². The van der Waals surface area contributed by atoms with E-state index >= 15 is 0 Å². The zero-order chi connectivity index (χ0) is 19.4. The lowest BCUT2D eigenvalue weighted by molar-refractivity contribution is -0.122. The van der Waals surface area contributed by atoms with Crippen molar-refractivity contribution in [2.24, 2.45) is 0 Å². The van der Waals surface area contributed by atoms with Gasteiger partial charge in [0.05, 0.1) is 5.56 Å². The number of hydrogen-bond donors (Lipinski definition) is 1. The van der Waals surface area contributed by atoms with E-state index in [1.54, 1.807) is 23.1 Å². The Hall–Kier alpha value is -3.15. The van der Waals surface area contributed by atoms with Gasteiger partial charge < -0.3 is 15.0 Å². The lowest BCUT2D eigenvalue weighted by atomic mass is 9.96. The summed E-state index contributed by atoms with van der Waals surface area (Å²) in [6.45, 7) is 3.05. The molecule has 1 N–H and O–H groups in total. The quantitative estimate of drug-likeness (QED) is 0.844. The molecule has 6 nitrogen and oxygen atoms in total. The number of fused-ring (bicyclic) bond motifs is 1. The Morgan fingerprint density at radius 1 is 1.15 bits per heavy atom. The number of anilines is 2. The van der Waals surface area contributed by atoms with Crippen molar-refractivity contribution >= 4 is 29.2 Å². The van der Waals surface area contributed by atoms with Gasteiger partial charge in [-0.25, -0.2) is 4.79 Å². The van der Waals surface area contributed by atoms with Crippen molar-refractivity contribution in [3.63, 3.8) is 0 Å². The monoisotopic (exact) mass is 366 g/mol. The average molecular weight is 366 g/mol. The summed E-state index contributed by atoms with van der Waals surface area (Å²) in [5.41, 5.74) is 2.78. The first-order valence-electron chi connectivity index (χ1n) is 8.90. The van der Waals surface area contributed by atoms with Crippen LogP contribution in [0.2, 0.25) is 0 Å². The minimum Gasteiger partial charge on any atom is -0.452 e. The molecule has 1 atom stereocenters. The van der Waals surface area contributed by atoms with E-state index in [-0.39, 0.29) is 30.0 Å². The molecular weight excluding hydrogens is 344 g/mol. The minimum atomic E-state index is -0.603. The maximum Gasteiger partial charge on any atom is 0.338 e. The Morgan fingerprint density at radius 2 is 1.93 bits per heavy atom. The van der Waals surface area contributed by atoms with Gasteiger partial charge in [0.1, 0.15) is 0 Å². The van der Waals surface area contributed by atoms with Gasteiger partial charge in [0, 0.05) is 24.3 Å². The van der Waals surface area contributed by atoms with E-state index in [1.165, 1.54) is 13.0 Å². The summed E-state index contributed by atoms with van der Waals surface area (Å²) in [5, 5.41) is 2.61. The summed E-state index contributed by atoms with van der Waals surface area (Å²) in [6.07, 6.45) is 1.80. The molecule has 0 bridgehead atoms. The number of amides is 2. The molecule has 2 aromatic rings. The van der Waals surface area contributed by atoms with Gasteiger partial charge in [-0.2, -0.15) is 0 Å². The number of aryl methyl sites for hydroxylation is 1. The molecule has 1 aliphatic rings. The SMILES string of the molecule is CC(=O)Nc1cccc(C(=O)OCC(=O)N2c3ccccc3CCC2C)c1. The van der Waals surface area contributed by atoms with Crippen LogP contribution in [-0.4, -0.2) is 30.4 Å². The number of ether oxygens (including phenoxy) is 1. The third-order valence-electron chi connectivity index (χ3n) is 4.54. The van der Waals surface area contributed by atoms with Crippen LogP contribution in [0.15, 0.2) is 48.5 Å². The molecule has 6 heteroatoms. The van der Waals surface area contributed by atoms with Crippen molar-refractivity contribution < 1.29 is 19.1 Å². The van der Waals surface area contributed by atoms with Gasteiger partial charge in [0.15, 0.2) is 6.61 Å². The first-order valence-corrected chi connectivity index (χ1v) is 8.90. The predicted octanol–water partition coefficient (Wildman–Crippen LogP) is 3.17. The molecule has 0 spiro atoms. The summed E-state index contributed by atoms with van der Waals surface area (Å²) >= 11 is 0. The Kier molecular flexibility index (Phi) is 5.54. The van der Waals surface area contributed by atoms with Crippen molar-refractivity contribution in [3.05, 3.63) is 59.7 Å². The minimum absolute atomic E-state index is 0.0502. The first kappa shape index (κ1) is 18.6. The lowest BCUT2D eigenvalue weighted by Crippen LogP contribution is -2.44. The molecular formula is C21H22N2O4. The van der Waals surface area contributed by atoms with Crippen LogP contribution in [0.4, 0.5) is 11.4 Å². The number of carbonyl (C=O) groups is 3. The zero-order valence-corrected chi connectivity index (χ0v) is 15.4. The van der Waals surface area contributed by atoms with E-state index in [4.69, 9.17) is 4.74 Å². The highest BCUT2D eigenvalue weighted by Gasteiger charge is 2.28. The second-order valence-electron chi connectivity index (χ2n) is 6.62. The van der Waals surface area contributed by atoms with Crippen molar-refractivity contribution in [2.75, 3.05) is 16.8 Å². The summed E-state index contributed by atoms with van der Waals surface area (Å²) in [5.74, 6) is -1.08. The van der Waals surface area contributed by atoms with Crippen molar-refractivity contribution in [2.45, 2.75) is 32.7 Å². The van der Waals surface area contributed by atoms with Gasteiger partial charge >= 0.3 is 5.97 Å². The zero-order valence-electron chi connectivity index (χ0n) is 15.4. The van der Waals surface area contributed by atoms with Crippen molar-refractivity contribution in [3.8, 4) is 0 Å². The van der Waals surface area contributed by atoms with Crippen LogP contribution in [0.1, 0.15) is 36.2 Å². The topological polar surface area (TPSA) is 75.7 Å². The van der Waals surface area contributed by atoms with E-state index in [0.29, 0.717) is 5.69 Å². The molecule has 3 rings (SSSR count). The van der Waals surface area contributed by atoms with Gasteiger partial charge in [-0.15, -0.1) is 0 Å². The Balaban J connectivity index is 1.67. The average Bonchev–Trinajstić information content (AvgIpc) is 2.65. The fraction of sp³-hybridized carbons (Fsp3) is 0.286. The second-order valence-corrected chi connectivity index (χ2v) is 6.62. The van der Waals surface area contributed by atoms with Crippen LogP contribution in [0.3, 0.4) is 0 Å². The number of nitrogens with zero attached hydrogens (tertiary/aromatic N) is 1. The predicted molar refractivity (Wildman–Crippen MR) is 103 cm³/mol. The van der Waals surface area contributed by atoms with Gasteiger partial charge in [-0.1, -0.05) is 24.3 Å². The summed E-state index contributed by atoms with van der Waals surface area (Å²) in [6, 6.07) is 14.3. The Labute approximate surface area is 158 Å². The van der Waals surface area contributed by atoms with Gasteiger partial charge in [0.25, 0.3) is 5.91 Å². The van der Waals surface area contributed by atoms with Gasteiger partial charge in [-0.05, 0) is 49.6 Å². The molecule has 2 aromatic carbocycles. The number of para-hydroxylation sites is 1. The number of rotatable bonds is 4. The van der Waals surface area contributed by atoms with E-state index in [1.807, 2.05) is 31.2 Å². The van der Waals surface area contributed by atoms with E-state index in [9.17, 15) is 14.4 Å². The number of hydrogen-bond acceptors (Lipinski definition) is 4. The van der Waals surface area contributed by atoms with E-state index in [2.05, 4.69) is 5.32 Å². The number of nitrogens with one attached hydrogen (secondary N) is 1. The highest BCUT2D eigenvalue weighted by molar-refractivity contribution is 5.99.